The zero-order chi connectivity index (χ0) is 10.7. The van der Waals surface area contributed by atoms with Gasteiger partial charge in [0.1, 0.15) is 0 Å². The quantitative estimate of drug-likeness (QED) is 0.593. The van der Waals surface area contributed by atoms with Gasteiger partial charge in [0.05, 0.1) is 11.6 Å². The van der Waals surface area contributed by atoms with Gasteiger partial charge in [0.2, 0.25) is 0 Å². The molecule has 3 N–H and O–H groups in total. The van der Waals surface area contributed by atoms with E-state index in [9.17, 15) is 0 Å². The van der Waals surface area contributed by atoms with Crippen molar-refractivity contribution in [3.05, 3.63) is 22.4 Å². The minimum absolute atomic E-state index is 0.0290. The third-order valence-electron chi connectivity index (χ3n) is 3.43. The Morgan fingerprint density at radius 3 is 2.87 bits per heavy atom. The molecule has 2 rings (SSSR count). The second kappa shape index (κ2) is 4.61. The third-order valence-corrected chi connectivity index (χ3v) is 4.33. The zero-order valence-corrected chi connectivity index (χ0v) is 9.85. The summed E-state index contributed by atoms with van der Waals surface area (Å²) in [6.45, 7) is 0. The smallest absolute Gasteiger partial charge is 0.0847 e. The van der Waals surface area contributed by atoms with Crippen LogP contribution in [0.3, 0.4) is 0 Å². The first-order chi connectivity index (χ1) is 7.30. The molecule has 0 amide bonds. The van der Waals surface area contributed by atoms with Crippen LogP contribution in [0.5, 0.6) is 0 Å². The molecule has 4 heteroatoms. The van der Waals surface area contributed by atoms with Gasteiger partial charge in [-0.3, -0.25) is 11.3 Å². The number of rotatable bonds is 5. The first-order valence-corrected chi connectivity index (χ1v) is 6.22. The Balaban J connectivity index is 2.03. The molecule has 0 aliphatic heterocycles. The molecule has 0 radical (unpaired) electrons. The maximum absolute atomic E-state index is 5.64. The molecule has 0 saturated heterocycles. The number of ether oxygens (including phenoxy) is 1. The zero-order valence-electron chi connectivity index (χ0n) is 9.03. The van der Waals surface area contributed by atoms with Crippen molar-refractivity contribution >= 4 is 11.3 Å². The van der Waals surface area contributed by atoms with Gasteiger partial charge in [-0.05, 0) is 30.7 Å². The summed E-state index contributed by atoms with van der Waals surface area (Å²) in [4.78, 5) is 1.36. The first kappa shape index (κ1) is 11.1. The van der Waals surface area contributed by atoms with Crippen LogP contribution in [0.1, 0.15) is 24.1 Å². The van der Waals surface area contributed by atoms with E-state index in [1.54, 1.807) is 18.4 Å². The lowest BCUT2D eigenvalue weighted by Crippen LogP contribution is -2.59. The number of hydrogen-bond donors (Lipinski definition) is 2. The Bertz CT molecular complexity index is 290. The van der Waals surface area contributed by atoms with E-state index in [1.165, 1.54) is 11.3 Å². The molecule has 1 aromatic rings. The van der Waals surface area contributed by atoms with Gasteiger partial charge in [-0.15, -0.1) is 11.3 Å². The normalized spacial score (nSPS) is 20.9. The van der Waals surface area contributed by atoms with Crippen molar-refractivity contribution in [2.45, 2.75) is 37.3 Å². The van der Waals surface area contributed by atoms with Crippen molar-refractivity contribution in [3.8, 4) is 0 Å². The highest BCUT2D eigenvalue weighted by molar-refractivity contribution is 7.09. The molecule has 1 unspecified atom stereocenters. The van der Waals surface area contributed by atoms with E-state index in [2.05, 4.69) is 22.9 Å². The van der Waals surface area contributed by atoms with Crippen LogP contribution in [0.2, 0.25) is 0 Å². The minimum atomic E-state index is -0.0290. The van der Waals surface area contributed by atoms with Crippen LogP contribution >= 0.6 is 11.3 Å². The van der Waals surface area contributed by atoms with Crippen LogP contribution in [0.4, 0.5) is 0 Å². The van der Waals surface area contributed by atoms with Crippen LogP contribution in [0.25, 0.3) is 0 Å². The van der Waals surface area contributed by atoms with Gasteiger partial charge in [-0.2, -0.15) is 0 Å². The average molecular weight is 226 g/mol. The van der Waals surface area contributed by atoms with Gasteiger partial charge < -0.3 is 4.74 Å². The summed E-state index contributed by atoms with van der Waals surface area (Å²) in [5.74, 6) is 5.64. The van der Waals surface area contributed by atoms with E-state index in [4.69, 9.17) is 10.6 Å². The maximum atomic E-state index is 5.64. The largest absolute Gasteiger partial charge is 0.377 e. The summed E-state index contributed by atoms with van der Waals surface area (Å²) in [7, 11) is 1.79. The molecule has 3 nitrogen and oxygen atoms in total. The van der Waals surface area contributed by atoms with E-state index < -0.39 is 0 Å². The summed E-state index contributed by atoms with van der Waals surface area (Å²) in [5, 5.41) is 2.10. The molecule has 1 aliphatic rings. The average Bonchev–Trinajstić information content (AvgIpc) is 2.68. The van der Waals surface area contributed by atoms with Gasteiger partial charge in [0.15, 0.2) is 0 Å². The fourth-order valence-electron chi connectivity index (χ4n) is 2.25. The number of nitrogens with two attached hydrogens (primary N) is 1. The number of hydrogen-bond acceptors (Lipinski definition) is 4. The first-order valence-electron chi connectivity index (χ1n) is 5.34. The van der Waals surface area contributed by atoms with E-state index >= 15 is 0 Å². The van der Waals surface area contributed by atoms with E-state index in [0.717, 1.165) is 19.3 Å². The molecule has 1 saturated carbocycles. The Hall–Kier alpha value is -0.420. The van der Waals surface area contributed by atoms with E-state index in [-0.39, 0.29) is 11.6 Å². The summed E-state index contributed by atoms with van der Waals surface area (Å²) in [5.41, 5.74) is 2.89. The molecule has 1 atom stereocenters. The molecular weight excluding hydrogens is 208 g/mol. The van der Waals surface area contributed by atoms with Crippen LogP contribution in [0.15, 0.2) is 17.5 Å². The topological polar surface area (TPSA) is 47.3 Å². The standard InChI is InChI=1S/C11H18N2OS/c1-14-11(5-3-6-11)10(13-12)8-9-4-2-7-15-9/h2,4,7,10,13H,3,5-6,8,12H2,1H3. The Kier molecular flexibility index (Phi) is 3.41. The van der Waals surface area contributed by atoms with Crippen LogP contribution in [-0.4, -0.2) is 18.8 Å². The highest BCUT2D eigenvalue weighted by Crippen LogP contribution is 2.39. The van der Waals surface area contributed by atoms with Gasteiger partial charge in [0, 0.05) is 18.4 Å². The van der Waals surface area contributed by atoms with Crippen molar-refractivity contribution < 1.29 is 4.74 Å². The summed E-state index contributed by atoms with van der Waals surface area (Å²) >= 11 is 1.78. The Morgan fingerprint density at radius 2 is 2.47 bits per heavy atom. The number of nitrogens with one attached hydrogen (secondary N) is 1. The van der Waals surface area contributed by atoms with Gasteiger partial charge in [-0.1, -0.05) is 6.07 Å². The molecule has 1 fully saturated rings. The minimum Gasteiger partial charge on any atom is -0.377 e. The molecule has 0 bridgehead atoms. The lowest BCUT2D eigenvalue weighted by atomic mass is 9.73. The van der Waals surface area contributed by atoms with Crippen molar-refractivity contribution in [3.63, 3.8) is 0 Å². The van der Waals surface area contributed by atoms with Crippen molar-refractivity contribution in [2.24, 2.45) is 5.84 Å². The number of thiophene rings is 1. The van der Waals surface area contributed by atoms with Crippen molar-refractivity contribution in [1.29, 1.82) is 0 Å². The van der Waals surface area contributed by atoms with E-state index in [1.807, 2.05) is 0 Å². The fraction of sp³-hybridized carbons (Fsp3) is 0.636. The monoisotopic (exact) mass is 226 g/mol. The van der Waals surface area contributed by atoms with Gasteiger partial charge in [-0.25, -0.2) is 0 Å². The Morgan fingerprint density at radius 1 is 1.67 bits per heavy atom. The molecule has 0 spiro atoms. The SMILES string of the molecule is COC1(C(Cc2cccs2)NN)CCC1. The molecule has 1 heterocycles. The lowest BCUT2D eigenvalue weighted by Gasteiger charge is -2.46. The lowest BCUT2D eigenvalue weighted by molar-refractivity contribution is -0.0980. The summed E-state index contributed by atoms with van der Waals surface area (Å²) < 4.78 is 5.64. The molecule has 84 valence electrons. The van der Waals surface area contributed by atoms with Crippen LogP contribution in [-0.2, 0) is 11.2 Å². The van der Waals surface area contributed by atoms with Gasteiger partial charge in [0.25, 0.3) is 0 Å². The number of hydrazine groups is 1. The molecule has 0 aromatic carbocycles. The van der Waals surface area contributed by atoms with Crippen molar-refractivity contribution in [2.75, 3.05) is 7.11 Å². The highest BCUT2D eigenvalue weighted by Gasteiger charge is 2.44. The predicted octanol–water partition coefficient (Wildman–Crippen LogP) is 1.69. The van der Waals surface area contributed by atoms with Crippen molar-refractivity contribution in [1.82, 2.24) is 5.43 Å². The number of methoxy groups -OCH3 is 1. The Labute approximate surface area is 94.6 Å². The second-order valence-corrected chi connectivity index (χ2v) is 5.16. The van der Waals surface area contributed by atoms with Gasteiger partial charge >= 0.3 is 0 Å². The summed E-state index contributed by atoms with van der Waals surface area (Å²) in [6, 6.07) is 4.46. The molecule has 1 aromatic heterocycles. The second-order valence-electron chi connectivity index (χ2n) is 4.13. The molecule has 1 aliphatic carbocycles. The van der Waals surface area contributed by atoms with Crippen LogP contribution < -0.4 is 11.3 Å². The molecular formula is C11H18N2OS. The fourth-order valence-corrected chi connectivity index (χ4v) is 3.00. The summed E-state index contributed by atoms with van der Waals surface area (Å²) in [6.07, 6.45) is 4.44. The predicted molar refractivity (Wildman–Crippen MR) is 62.7 cm³/mol. The van der Waals surface area contributed by atoms with Crippen LogP contribution in [0, 0.1) is 0 Å². The van der Waals surface area contributed by atoms with E-state index in [0.29, 0.717) is 0 Å². The highest BCUT2D eigenvalue weighted by atomic mass is 32.1. The molecule has 15 heavy (non-hydrogen) atoms. The maximum Gasteiger partial charge on any atom is 0.0847 e. The third kappa shape index (κ3) is 2.08.